The number of hydrogen-bond acceptors (Lipinski definition) is 2. The summed E-state index contributed by atoms with van der Waals surface area (Å²) in [7, 11) is 0. The van der Waals surface area contributed by atoms with Gasteiger partial charge in [-0.25, -0.2) is 0 Å². The molecule has 15 heavy (non-hydrogen) atoms. The fourth-order valence-electron chi connectivity index (χ4n) is 1.82. The maximum absolute atomic E-state index is 12.4. The van der Waals surface area contributed by atoms with Gasteiger partial charge in [-0.2, -0.15) is 13.2 Å². The lowest BCUT2D eigenvalue weighted by Gasteiger charge is -2.21. The molecule has 1 nitrogen and oxygen atoms in total. The smallest absolute Gasteiger partial charge is 0.316 e. The van der Waals surface area contributed by atoms with Gasteiger partial charge in [-0.15, -0.1) is 11.3 Å². The van der Waals surface area contributed by atoms with Crippen LogP contribution in [0.4, 0.5) is 13.2 Å². The summed E-state index contributed by atoms with van der Waals surface area (Å²) in [5.74, 6) is 0.264. The SMILES string of the molecule is FC(F)(F)c1ccc(C2CCCNC2)s1. The van der Waals surface area contributed by atoms with Crippen molar-refractivity contribution >= 4 is 11.3 Å². The summed E-state index contributed by atoms with van der Waals surface area (Å²) in [5.41, 5.74) is 0. The second-order valence-corrected chi connectivity index (χ2v) is 4.86. The minimum atomic E-state index is -4.19. The molecule has 5 heteroatoms. The van der Waals surface area contributed by atoms with Crippen molar-refractivity contribution < 1.29 is 13.2 Å². The summed E-state index contributed by atoms with van der Waals surface area (Å²) in [6.07, 6.45) is -2.15. The normalized spacial score (nSPS) is 23.0. The lowest BCUT2D eigenvalue weighted by atomic mass is 9.98. The Bertz CT molecular complexity index is 326. The van der Waals surface area contributed by atoms with E-state index < -0.39 is 11.1 Å². The highest BCUT2D eigenvalue weighted by atomic mass is 32.1. The Morgan fingerprint density at radius 1 is 1.33 bits per heavy atom. The van der Waals surface area contributed by atoms with Crippen molar-refractivity contribution in [1.82, 2.24) is 5.32 Å². The highest BCUT2D eigenvalue weighted by Crippen LogP contribution is 2.38. The van der Waals surface area contributed by atoms with Crippen LogP contribution in [0.1, 0.15) is 28.5 Å². The zero-order valence-electron chi connectivity index (χ0n) is 8.10. The highest BCUT2D eigenvalue weighted by Gasteiger charge is 2.33. The van der Waals surface area contributed by atoms with Gasteiger partial charge in [0.25, 0.3) is 0 Å². The van der Waals surface area contributed by atoms with Crippen molar-refractivity contribution in [1.29, 1.82) is 0 Å². The monoisotopic (exact) mass is 235 g/mol. The summed E-state index contributed by atoms with van der Waals surface area (Å²) < 4.78 is 37.1. The van der Waals surface area contributed by atoms with Gasteiger partial charge in [0.15, 0.2) is 0 Å². The molecule has 2 heterocycles. The number of piperidine rings is 1. The molecule has 0 radical (unpaired) electrons. The van der Waals surface area contributed by atoms with Crippen LogP contribution in [0.2, 0.25) is 0 Å². The molecule has 2 rings (SSSR count). The van der Waals surface area contributed by atoms with Gasteiger partial charge in [0, 0.05) is 17.3 Å². The molecule has 0 bridgehead atoms. The van der Waals surface area contributed by atoms with Crippen LogP contribution in [-0.2, 0) is 6.18 Å². The molecule has 1 fully saturated rings. The maximum Gasteiger partial charge on any atom is 0.425 e. The summed E-state index contributed by atoms with van der Waals surface area (Å²) in [6.45, 7) is 1.78. The molecule has 1 atom stereocenters. The van der Waals surface area contributed by atoms with E-state index in [0.717, 1.165) is 42.1 Å². The van der Waals surface area contributed by atoms with Crippen LogP contribution < -0.4 is 5.32 Å². The predicted molar refractivity (Wildman–Crippen MR) is 54.2 cm³/mol. The Balaban J connectivity index is 2.12. The molecule has 0 aliphatic carbocycles. The number of halogens is 3. The Morgan fingerprint density at radius 2 is 2.13 bits per heavy atom. The second kappa shape index (κ2) is 4.14. The highest BCUT2D eigenvalue weighted by molar-refractivity contribution is 7.12. The first-order valence-corrected chi connectivity index (χ1v) is 5.76. The molecule has 84 valence electrons. The van der Waals surface area contributed by atoms with Crippen LogP contribution in [0.3, 0.4) is 0 Å². The fraction of sp³-hybridized carbons (Fsp3) is 0.600. The molecule has 0 saturated carbocycles. The summed E-state index contributed by atoms with van der Waals surface area (Å²) >= 11 is 0.881. The van der Waals surface area contributed by atoms with Crippen LogP contribution in [0.25, 0.3) is 0 Å². The van der Waals surface area contributed by atoms with Crippen LogP contribution in [0.5, 0.6) is 0 Å². The van der Waals surface area contributed by atoms with E-state index >= 15 is 0 Å². The first-order valence-electron chi connectivity index (χ1n) is 4.95. The average molecular weight is 235 g/mol. The summed E-state index contributed by atoms with van der Waals surface area (Å²) in [6, 6.07) is 2.81. The molecule has 1 aliphatic rings. The largest absolute Gasteiger partial charge is 0.425 e. The van der Waals surface area contributed by atoms with Crippen molar-refractivity contribution in [3.63, 3.8) is 0 Å². The third-order valence-electron chi connectivity index (χ3n) is 2.61. The predicted octanol–water partition coefficient (Wildman–Crippen LogP) is 3.23. The summed E-state index contributed by atoms with van der Waals surface area (Å²) in [4.78, 5) is 0.373. The van der Waals surface area contributed by atoms with Crippen LogP contribution in [0, 0.1) is 0 Å². The van der Waals surface area contributed by atoms with Crippen LogP contribution in [-0.4, -0.2) is 13.1 Å². The van der Waals surface area contributed by atoms with Gasteiger partial charge >= 0.3 is 6.18 Å². The third kappa shape index (κ3) is 2.52. The molecular weight excluding hydrogens is 223 g/mol. The second-order valence-electron chi connectivity index (χ2n) is 3.74. The third-order valence-corrected chi connectivity index (χ3v) is 3.90. The van der Waals surface area contributed by atoms with E-state index in [1.807, 2.05) is 0 Å². The van der Waals surface area contributed by atoms with E-state index in [2.05, 4.69) is 5.32 Å². The average Bonchev–Trinajstić information content (AvgIpc) is 2.67. The standard InChI is InChI=1S/C10H12F3NS/c11-10(12,13)9-4-3-8(15-9)7-2-1-5-14-6-7/h3-4,7,14H,1-2,5-6H2. The molecule has 1 saturated heterocycles. The quantitative estimate of drug-likeness (QED) is 0.788. The number of nitrogens with one attached hydrogen (secondary N) is 1. The van der Waals surface area contributed by atoms with Gasteiger partial charge in [0.05, 0.1) is 0 Å². The first-order chi connectivity index (χ1) is 7.07. The molecule has 0 spiro atoms. The van der Waals surface area contributed by atoms with E-state index in [9.17, 15) is 13.2 Å². The van der Waals surface area contributed by atoms with E-state index in [1.54, 1.807) is 6.07 Å². The number of thiophene rings is 1. The zero-order chi connectivity index (χ0) is 10.9. The van der Waals surface area contributed by atoms with Crippen molar-refractivity contribution in [2.24, 2.45) is 0 Å². The minimum absolute atomic E-state index is 0.264. The van der Waals surface area contributed by atoms with Gasteiger partial charge in [0.1, 0.15) is 4.88 Å². The molecule has 1 unspecified atom stereocenters. The molecule has 1 aliphatic heterocycles. The van der Waals surface area contributed by atoms with Gasteiger partial charge in [-0.1, -0.05) is 0 Å². The van der Waals surface area contributed by atoms with E-state index in [-0.39, 0.29) is 5.92 Å². The van der Waals surface area contributed by atoms with E-state index in [4.69, 9.17) is 0 Å². The van der Waals surface area contributed by atoms with Crippen LogP contribution in [0.15, 0.2) is 12.1 Å². The zero-order valence-corrected chi connectivity index (χ0v) is 8.92. The molecule has 0 aromatic carbocycles. The molecule has 1 aromatic rings. The Kier molecular flexibility index (Phi) is 3.02. The Hall–Kier alpha value is -0.550. The summed E-state index contributed by atoms with van der Waals surface area (Å²) in [5, 5.41) is 3.21. The topological polar surface area (TPSA) is 12.0 Å². The first kappa shape index (κ1) is 11.0. The number of hydrogen-bond donors (Lipinski definition) is 1. The van der Waals surface area contributed by atoms with Gasteiger partial charge in [0.2, 0.25) is 0 Å². The van der Waals surface area contributed by atoms with Crippen molar-refractivity contribution in [2.75, 3.05) is 13.1 Å². The van der Waals surface area contributed by atoms with Crippen molar-refractivity contribution in [3.8, 4) is 0 Å². The Morgan fingerprint density at radius 3 is 2.67 bits per heavy atom. The van der Waals surface area contributed by atoms with Gasteiger partial charge in [-0.3, -0.25) is 0 Å². The number of alkyl halides is 3. The number of rotatable bonds is 1. The van der Waals surface area contributed by atoms with E-state index in [1.165, 1.54) is 6.07 Å². The lowest BCUT2D eigenvalue weighted by molar-refractivity contribution is -0.134. The fourth-order valence-corrected chi connectivity index (χ4v) is 2.83. The molecule has 1 N–H and O–H groups in total. The minimum Gasteiger partial charge on any atom is -0.316 e. The molecule has 0 amide bonds. The lowest BCUT2D eigenvalue weighted by Crippen LogP contribution is -2.27. The van der Waals surface area contributed by atoms with E-state index in [0.29, 0.717) is 0 Å². The molecular formula is C10H12F3NS. The van der Waals surface area contributed by atoms with Crippen LogP contribution >= 0.6 is 11.3 Å². The van der Waals surface area contributed by atoms with Crippen molar-refractivity contribution in [3.05, 3.63) is 21.9 Å². The van der Waals surface area contributed by atoms with Gasteiger partial charge < -0.3 is 5.32 Å². The molecule has 1 aromatic heterocycles. The van der Waals surface area contributed by atoms with Gasteiger partial charge in [-0.05, 0) is 31.5 Å². The Labute approximate surface area is 90.3 Å². The maximum atomic E-state index is 12.4. The van der Waals surface area contributed by atoms with Crippen molar-refractivity contribution in [2.45, 2.75) is 24.9 Å².